The highest BCUT2D eigenvalue weighted by molar-refractivity contribution is 6.32. The Hall–Kier alpha value is -3.37. The molecule has 1 aliphatic rings. The summed E-state index contributed by atoms with van der Waals surface area (Å²) in [6.45, 7) is 3.99. The van der Waals surface area contributed by atoms with Gasteiger partial charge in [0.1, 0.15) is 5.58 Å². The van der Waals surface area contributed by atoms with Crippen molar-refractivity contribution in [3.63, 3.8) is 0 Å². The number of alkyl halides is 3. The Kier molecular flexibility index (Phi) is 8.19. The molecule has 4 aromatic rings. The van der Waals surface area contributed by atoms with Crippen LogP contribution in [0.2, 0.25) is 10.0 Å². The van der Waals surface area contributed by atoms with Crippen molar-refractivity contribution in [1.29, 1.82) is 0 Å². The van der Waals surface area contributed by atoms with Gasteiger partial charge in [0.25, 0.3) is 0 Å². The number of hydrogen-bond donors (Lipinski definition) is 2. The highest BCUT2D eigenvalue weighted by Gasteiger charge is 2.34. The number of piperazine rings is 1. The number of nitrogens with zero attached hydrogens (tertiary/aromatic N) is 1. The van der Waals surface area contributed by atoms with Gasteiger partial charge in [0.05, 0.1) is 23.2 Å². The van der Waals surface area contributed by atoms with E-state index < -0.39 is 35.4 Å². The first-order valence-corrected chi connectivity index (χ1v) is 13.3. The zero-order valence-electron chi connectivity index (χ0n) is 21.1. The minimum Gasteiger partial charge on any atom is -0.422 e. The lowest BCUT2D eigenvalue weighted by atomic mass is 9.94. The molecule has 0 atom stereocenters. The Balaban J connectivity index is 1.58. The molecule has 3 aromatic carbocycles. The summed E-state index contributed by atoms with van der Waals surface area (Å²) in [5.74, 6) is -0.813. The molecule has 6 nitrogen and oxygen atoms in total. The first kappa shape index (κ1) is 28.2. The van der Waals surface area contributed by atoms with Gasteiger partial charge in [-0.05, 0) is 35.4 Å². The van der Waals surface area contributed by atoms with Gasteiger partial charge >= 0.3 is 11.8 Å². The number of benzene rings is 3. The van der Waals surface area contributed by atoms with Crippen LogP contribution < -0.4 is 16.3 Å². The van der Waals surface area contributed by atoms with Crippen LogP contribution >= 0.6 is 23.2 Å². The van der Waals surface area contributed by atoms with Crippen molar-refractivity contribution in [2.24, 2.45) is 0 Å². The summed E-state index contributed by atoms with van der Waals surface area (Å²) in [5.41, 5.74) is -0.109. The minimum absolute atomic E-state index is 0.0224. The molecule has 0 saturated carbocycles. The molecule has 1 fully saturated rings. The Morgan fingerprint density at radius 3 is 2.45 bits per heavy atom. The number of halogens is 5. The number of fused-ring (bicyclic) bond motifs is 1. The van der Waals surface area contributed by atoms with Crippen LogP contribution in [-0.4, -0.2) is 37.0 Å². The Morgan fingerprint density at radius 2 is 1.75 bits per heavy atom. The van der Waals surface area contributed by atoms with E-state index in [-0.39, 0.29) is 16.2 Å². The maximum absolute atomic E-state index is 13.6. The summed E-state index contributed by atoms with van der Waals surface area (Å²) in [4.78, 5) is 28.5. The second-order valence-electron chi connectivity index (χ2n) is 9.49. The number of amides is 1. The SMILES string of the molecule is O=C(Cc1c(-c2ccccc2)c2cc(CN3CCNCC3)c(Cl)cc2oc1=O)Nc1ccc(Cl)cc1C(F)(F)F. The van der Waals surface area contributed by atoms with Gasteiger partial charge in [0.2, 0.25) is 5.91 Å². The molecule has 5 rings (SSSR count). The number of carbonyl (C=O) groups excluding carboxylic acids is 1. The molecule has 40 heavy (non-hydrogen) atoms. The van der Waals surface area contributed by atoms with Crippen molar-refractivity contribution in [3.8, 4) is 11.1 Å². The quantitative estimate of drug-likeness (QED) is 0.256. The molecular formula is C29H24Cl2F3N3O3. The van der Waals surface area contributed by atoms with E-state index in [9.17, 15) is 22.8 Å². The van der Waals surface area contributed by atoms with Gasteiger partial charge in [0, 0.05) is 59.8 Å². The highest BCUT2D eigenvalue weighted by Crippen LogP contribution is 2.37. The standard InChI is InChI=1S/C29H24Cl2F3N3O3/c30-19-6-7-24(22(13-19)29(32,33)34)36-26(38)14-21-27(17-4-2-1-3-5-17)20-12-18(16-37-10-8-35-9-11-37)23(31)15-25(20)40-28(21)39/h1-7,12-13,15,35H,8-11,14,16H2,(H,36,38). The Labute approximate surface area is 237 Å². The zero-order valence-corrected chi connectivity index (χ0v) is 22.6. The lowest BCUT2D eigenvalue weighted by molar-refractivity contribution is -0.137. The predicted molar refractivity (Wildman–Crippen MR) is 150 cm³/mol. The van der Waals surface area contributed by atoms with E-state index in [2.05, 4.69) is 15.5 Å². The van der Waals surface area contributed by atoms with E-state index in [0.717, 1.165) is 43.9 Å². The van der Waals surface area contributed by atoms with Gasteiger partial charge in [-0.1, -0.05) is 53.5 Å². The summed E-state index contributed by atoms with van der Waals surface area (Å²) < 4.78 is 46.3. The van der Waals surface area contributed by atoms with Gasteiger partial charge in [-0.15, -0.1) is 0 Å². The van der Waals surface area contributed by atoms with E-state index in [1.807, 2.05) is 12.1 Å². The van der Waals surface area contributed by atoms with Crippen molar-refractivity contribution in [1.82, 2.24) is 10.2 Å². The van der Waals surface area contributed by atoms with Crippen molar-refractivity contribution < 1.29 is 22.4 Å². The van der Waals surface area contributed by atoms with Crippen LogP contribution in [0.25, 0.3) is 22.1 Å². The van der Waals surface area contributed by atoms with Crippen molar-refractivity contribution in [3.05, 3.63) is 97.8 Å². The molecule has 11 heteroatoms. The second kappa shape index (κ2) is 11.6. The van der Waals surface area contributed by atoms with Gasteiger partial charge in [0.15, 0.2) is 0 Å². The fraction of sp³-hybridized carbons (Fsp3) is 0.241. The van der Waals surface area contributed by atoms with Crippen LogP contribution in [0.5, 0.6) is 0 Å². The molecule has 2 heterocycles. The molecule has 208 valence electrons. The molecular weight excluding hydrogens is 566 g/mol. The third-order valence-electron chi connectivity index (χ3n) is 6.73. The maximum atomic E-state index is 13.6. The average Bonchev–Trinajstić information content (AvgIpc) is 2.91. The number of nitrogens with one attached hydrogen (secondary N) is 2. The molecule has 0 radical (unpaired) electrons. The molecule has 0 bridgehead atoms. The summed E-state index contributed by atoms with van der Waals surface area (Å²) in [6.07, 6.45) is -5.26. The van der Waals surface area contributed by atoms with Crippen LogP contribution in [0.1, 0.15) is 16.7 Å². The van der Waals surface area contributed by atoms with Gasteiger partial charge in [-0.25, -0.2) is 4.79 Å². The van der Waals surface area contributed by atoms with E-state index in [0.29, 0.717) is 28.1 Å². The fourth-order valence-electron chi connectivity index (χ4n) is 4.85. The number of hydrogen-bond acceptors (Lipinski definition) is 5. The third kappa shape index (κ3) is 6.18. The number of carbonyl (C=O) groups is 1. The summed E-state index contributed by atoms with van der Waals surface area (Å²) >= 11 is 12.3. The van der Waals surface area contributed by atoms with Crippen LogP contribution in [0, 0.1) is 0 Å². The minimum atomic E-state index is -4.75. The van der Waals surface area contributed by atoms with E-state index in [1.54, 1.807) is 30.3 Å². The maximum Gasteiger partial charge on any atom is 0.418 e. The normalized spacial score (nSPS) is 14.4. The Bertz CT molecular complexity index is 1620. The summed E-state index contributed by atoms with van der Waals surface area (Å²) in [7, 11) is 0. The molecule has 1 amide bonds. The fourth-order valence-corrected chi connectivity index (χ4v) is 5.23. The van der Waals surface area contributed by atoms with Gasteiger partial charge in [-0.3, -0.25) is 9.69 Å². The van der Waals surface area contributed by atoms with E-state index >= 15 is 0 Å². The molecule has 1 saturated heterocycles. The van der Waals surface area contributed by atoms with Crippen LogP contribution in [0.4, 0.5) is 18.9 Å². The summed E-state index contributed by atoms with van der Waals surface area (Å²) in [6, 6.07) is 15.5. The van der Waals surface area contributed by atoms with Crippen molar-refractivity contribution >= 4 is 45.8 Å². The molecule has 0 spiro atoms. The first-order chi connectivity index (χ1) is 19.1. The highest BCUT2D eigenvalue weighted by atomic mass is 35.5. The first-order valence-electron chi connectivity index (χ1n) is 12.5. The largest absolute Gasteiger partial charge is 0.422 e. The lowest BCUT2D eigenvalue weighted by Gasteiger charge is -2.27. The molecule has 1 aromatic heterocycles. The molecule has 2 N–H and O–H groups in total. The van der Waals surface area contributed by atoms with Crippen molar-refractivity contribution in [2.45, 2.75) is 19.1 Å². The number of rotatable bonds is 6. The topological polar surface area (TPSA) is 74.6 Å². The number of anilines is 1. The van der Waals surface area contributed by atoms with Crippen LogP contribution in [-0.2, 0) is 23.9 Å². The van der Waals surface area contributed by atoms with E-state index in [1.165, 1.54) is 6.07 Å². The van der Waals surface area contributed by atoms with E-state index in [4.69, 9.17) is 27.6 Å². The molecule has 1 aliphatic heterocycles. The van der Waals surface area contributed by atoms with Crippen molar-refractivity contribution in [2.75, 3.05) is 31.5 Å². The molecule has 0 aliphatic carbocycles. The second-order valence-corrected chi connectivity index (χ2v) is 10.3. The van der Waals surface area contributed by atoms with Gasteiger partial charge < -0.3 is 15.1 Å². The van der Waals surface area contributed by atoms with Gasteiger partial charge in [-0.2, -0.15) is 13.2 Å². The average molecular weight is 590 g/mol. The predicted octanol–water partition coefficient (Wildman–Crippen LogP) is 6.37. The smallest absolute Gasteiger partial charge is 0.418 e. The molecule has 0 unspecified atom stereocenters. The zero-order chi connectivity index (χ0) is 28.4. The van der Waals surface area contributed by atoms with Crippen LogP contribution in [0.3, 0.4) is 0 Å². The summed E-state index contributed by atoms with van der Waals surface area (Å²) in [5, 5.41) is 6.49. The lowest BCUT2D eigenvalue weighted by Crippen LogP contribution is -2.42. The monoisotopic (exact) mass is 589 g/mol. The van der Waals surface area contributed by atoms with Crippen LogP contribution in [0.15, 0.2) is 69.9 Å². The Morgan fingerprint density at radius 1 is 1.02 bits per heavy atom. The third-order valence-corrected chi connectivity index (χ3v) is 7.32.